The van der Waals surface area contributed by atoms with E-state index < -0.39 is 0 Å². The summed E-state index contributed by atoms with van der Waals surface area (Å²) in [5, 5.41) is 0. The third-order valence-electron chi connectivity index (χ3n) is 3.29. The van der Waals surface area contributed by atoms with Crippen LogP contribution in [0.3, 0.4) is 0 Å². The zero-order chi connectivity index (χ0) is 11.7. The van der Waals surface area contributed by atoms with Gasteiger partial charge in [-0.15, -0.1) is 0 Å². The van der Waals surface area contributed by atoms with Crippen LogP contribution in [0.2, 0.25) is 0 Å². The van der Waals surface area contributed by atoms with Crippen LogP contribution in [0.15, 0.2) is 0 Å². The van der Waals surface area contributed by atoms with Crippen LogP contribution in [0.4, 0.5) is 0 Å². The summed E-state index contributed by atoms with van der Waals surface area (Å²) < 4.78 is 0. The summed E-state index contributed by atoms with van der Waals surface area (Å²) in [4.78, 5) is 2.49. The zero-order valence-electron chi connectivity index (χ0n) is 11.6. The monoisotopic (exact) mass is 213 g/mol. The van der Waals surface area contributed by atoms with E-state index in [1.807, 2.05) is 13.8 Å². The van der Waals surface area contributed by atoms with E-state index in [1.165, 1.54) is 51.6 Å². The lowest BCUT2D eigenvalue weighted by molar-refractivity contribution is 0.289. The van der Waals surface area contributed by atoms with Crippen molar-refractivity contribution in [3.05, 3.63) is 0 Å². The Labute approximate surface area is 97.2 Å². The van der Waals surface area contributed by atoms with Gasteiger partial charge < -0.3 is 4.90 Å². The molecule has 1 spiro atoms. The Balaban J connectivity index is 0.000000342. The molecule has 0 atom stereocenters. The van der Waals surface area contributed by atoms with Crippen molar-refractivity contribution >= 4 is 0 Å². The highest BCUT2D eigenvalue weighted by molar-refractivity contribution is 4.91. The topological polar surface area (TPSA) is 3.24 Å². The van der Waals surface area contributed by atoms with Gasteiger partial charge in [-0.1, -0.05) is 47.0 Å². The van der Waals surface area contributed by atoms with Crippen molar-refractivity contribution in [2.24, 2.45) is 5.41 Å². The summed E-state index contributed by atoms with van der Waals surface area (Å²) in [5.74, 6) is 0. The van der Waals surface area contributed by atoms with Crippen LogP contribution in [0.25, 0.3) is 0 Å². The Morgan fingerprint density at radius 1 is 1.00 bits per heavy atom. The molecular formula is C14H31N. The second-order valence-corrected chi connectivity index (χ2v) is 4.90. The Morgan fingerprint density at radius 2 is 1.47 bits per heavy atom. The van der Waals surface area contributed by atoms with Gasteiger partial charge in [-0.3, -0.25) is 0 Å². The summed E-state index contributed by atoms with van der Waals surface area (Å²) in [6.45, 7) is 11.0. The Hall–Kier alpha value is -0.0400. The molecule has 0 amide bonds. The van der Waals surface area contributed by atoms with Crippen molar-refractivity contribution in [2.45, 2.75) is 66.2 Å². The third kappa shape index (κ3) is 5.01. The quantitative estimate of drug-likeness (QED) is 0.579. The van der Waals surface area contributed by atoms with Crippen LogP contribution in [-0.2, 0) is 0 Å². The van der Waals surface area contributed by atoms with Gasteiger partial charge in [-0.05, 0) is 38.3 Å². The lowest BCUT2D eigenvalue weighted by atomic mass is 9.86. The second-order valence-electron chi connectivity index (χ2n) is 4.90. The maximum atomic E-state index is 2.49. The molecule has 0 aromatic heterocycles. The van der Waals surface area contributed by atoms with E-state index in [4.69, 9.17) is 0 Å². The van der Waals surface area contributed by atoms with E-state index in [2.05, 4.69) is 25.8 Å². The van der Waals surface area contributed by atoms with Gasteiger partial charge in [0.05, 0.1) is 0 Å². The van der Waals surface area contributed by atoms with E-state index in [1.54, 1.807) is 0 Å². The molecule has 1 saturated heterocycles. The molecule has 1 heteroatoms. The van der Waals surface area contributed by atoms with Gasteiger partial charge in [0.2, 0.25) is 0 Å². The molecule has 1 heterocycles. The predicted octanol–water partition coefficient (Wildman–Crippen LogP) is 4.32. The van der Waals surface area contributed by atoms with Crippen molar-refractivity contribution in [2.75, 3.05) is 20.1 Å². The molecule has 1 saturated carbocycles. The molecule has 15 heavy (non-hydrogen) atoms. The van der Waals surface area contributed by atoms with Crippen molar-refractivity contribution in [3.63, 3.8) is 0 Å². The fraction of sp³-hybridized carbons (Fsp3) is 1.00. The summed E-state index contributed by atoms with van der Waals surface area (Å²) in [6.07, 6.45) is 8.74. The number of rotatable bonds is 0. The first-order chi connectivity index (χ1) is 7.22. The van der Waals surface area contributed by atoms with Gasteiger partial charge in [0, 0.05) is 6.54 Å². The van der Waals surface area contributed by atoms with E-state index in [0.29, 0.717) is 0 Å². The van der Waals surface area contributed by atoms with Crippen molar-refractivity contribution in [1.82, 2.24) is 4.90 Å². The lowest BCUT2D eigenvalue weighted by Crippen LogP contribution is -2.21. The van der Waals surface area contributed by atoms with E-state index in [-0.39, 0.29) is 0 Å². The minimum absolute atomic E-state index is 0.786. The Kier molecular flexibility index (Phi) is 8.13. The largest absolute Gasteiger partial charge is 0.306 e. The van der Waals surface area contributed by atoms with Crippen molar-refractivity contribution in [3.8, 4) is 0 Å². The molecule has 92 valence electrons. The van der Waals surface area contributed by atoms with Crippen LogP contribution in [0.1, 0.15) is 66.2 Å². The minimum atomic E-state index is 0.786. The van der Waals surface area contributed by atoms with Crippen LogP contribution in [0.5, 0.6) is 0 Å². The van der Waals surface area contributed by atoms with Gasteiger partial charge in [0.15, 0.2) is 0 Å². The van der Waals surface area contributed by atoms with E-state index in [9.17, 15) is 0 Å². The SMILES string of the molecule is CC.CCC.CN1CCC2(CCCC2)C1. The van der Waals surface area contributed by atoms with E-state index >= 15 is 0 Å². The smallest absolute Gasteiger partial charge is 0.00354 e. The van der Waals surface area contributed by atoms with Gasteiger partial charge in [-0.2, -0.15) is 0 Å². The second kappa shape index (κ2) is 8.15. The maximum Gasteiger partial charge on any atom is 0.00354 e. The number of likely N-dealkylation sites (tertiary alicyclic amines) is 1. The lowest BCUT2D eigenvalue weighted by Gasteiger charge is -2.21. The molecule has 2 rings (SSSR count). The summed E-state index contributed by atoms with van der Waals surface area (Å²) in [7, 11) is 2.26. The average molecular weight is 213 g/mol. The maximum absolute atomic E-state index is 2.49. The van der Waals surface area contributed by atoms with Gasteiger partial charge in [0.25, 0.3) is 0 Å². The summed E-state index contributed by atoms with van der Waals surface area (Å²) in [5.41, 5.74) is 0.786. The first kappa shape index (κ1) is 15.0. The molecule has 0 aromatic carbocycles. The number of nitrogens with zero attached hydrogens (tertiary/aromatic N) is 1. The molecule has 0 radical (unpaired) electrons. The van der Waals surface area contributed by atoms with Crippen LogP contribution in [0, 0.1) is 5.41 Å². The molecule has 0 aromatic rings. The number of hydrogen-bond donors (Lipinski definition) is 0. The Morgan fingerprint density at radius 3 is 1.80 bits per heavy atom. The van der Waals surface area contributed by atoms with Crippen molar-refractivity contribution in [1.29, 1.82) is 0 Å². The first-order valence-electron chi connectivity index (χ1n) is 6.91. The Bertz CT molecular complexity index is 136. The van der Waals surface area contributed by atoms with E-state index in [0.717, 1.165) is 5.41 Å². The zero-order valence-corrected chi connectivity index (χ0v) is 11.6. The number of hydrogen-bond acceptors (Lipinski definition) is 1. The average Bonchev–Trinajstić information content (AvgIpc) is 2.82. The summed E-state index contributed by atoms with van der Waals surface area (Å²) >= 11 is 0. The van der Waals surface area contributed by atoms with Crippen LogP contribution in [-0.4, -0.2) is 25.0 Å². The molecule has 2 aliphatic rings. The predicted molar refractivity (Wildman–Crippen MR) is 70.3 cm³/mol. The third-order valence-corrected chi connectivity index (χ3v) is 3.29. The van der Waals surface area contributed by atoms with Crippen molar-refractivity contribution < 1.29 is 0 Å². The molecule has 0 unspecified atom stereocenters. The van der Waals surface area contributed by atoms with Gasteiger partial charge in [-0.25, -0.2) is 0 Å². The highest BCUT2D eigenvalue weighted by atomic mass is 15.1. The van der Waals surface area contributed by atoms with Crippen LogP contribution >= 0.6 is 0 Å². The molecule has 0 bridgehead atoms. The molecule has 1 nitrogen and oxygen atoms in total. The highest BCUT2D eigenvalue weighted by Gasteiger charge is 2.38. The molecule has 0 N–H and O–H groups in total. The molecular weight excluding hydrogens is 182 g/mol. The molecule has 2 fully saturated rings. The highest BCUT2D eigenvalue weighted by Crippen LogP contribution is 2.44. The summed E-state index contributed by atoms with van der Waals surface area (Å²) in [6, 6.07) is 0. The standard InChI is InChI=1S/C9H17N.C3H8.C2H6/c1-10-7-6-9(8-10)4-2-3-5-9;1-3-2;1-2/h2-8H2,1H3;3H2,1-2H3;1-2H3. The molecule has 1 aliphatic heterocycles. The minimum Gasteiger partial charge on any atom is -0.306 e. The van der Waals surface area contributed by atoms with Gasteiger partial charge >= 0.3 is 0 Å². The van der Waals surface area contributed by atoms with Crippen LogP contribution < -0.4 is 0 Å². The molecule has 1 aliphatic carbocycles. The fourth-order valence-corrected chi connectivity index (χ4v) is 2.69. The first-order valence-corrected chi connectivity index (χ1v) is 6.91. The fourth-order valence-electron chi connectivity index (χ4n) is 2.69. The van der Waals surface area contributed by atoms with Gasteiger partial charge in [0.1, 0.15) is 0 Å². The normalized spacial score (nSPS) is 23.0.